The van der Waals surface area contributed by atoms with Gasteiger partial charge in [-0.3, -0.25) is 0 Å². The van der Waals surface area contributed by atoms with E-state index in [1.807, 2.05) is 12.1 Å². The van der Waals surface area contributed by atoms with Crippen molar-refractivity contribution in [3.63, 3.8) is 0 Å². The normalized spacial score (nSPS) is 11.7. The molecule has 0 fully saturated rings. The molecule has 1 aromatic heterocycles. The summed E-state index contributed by atoms with van der Waals surface area (Å²) in [7, 11) is 0. The lowest BCUT2D eigenvalue weighted by Crippen LogP contribution is -1.92. The summed E-state index contributed by atoms with van der Waals surface area (Å²) in [6, 6.07) is 65.8. The Hall–Kier alpha value is -6.44. The van der Waals surface area contributed by atoms with Gasteiger partial charge >= 0.3 is 0 Å². The molecule has 0 aliphatic heterocycles. The van der Waals surface area contributed by atoms with Crippen molar-refractivity contribution in [1.29, 1.82) is 0 Å². The van der Waals surface area contributed by atoms with Gasteiger partial charge in [-0.15, -0.1) is 0 Å². The summed E-state index contributed by atoms with van der Waals surface area (Å²) in [5.74, 6) is 0. The van der Waals surface area contributed by atoms with Crippen LogP contribution in [-0.4, -0.2) is 0 Å². The van der Waals surface area contributed by atoms with E-state index in [-0.39, 0.29) is 0 Å². The Morgan fingerprint density at radius 3 is 1.47 bits per heavy atom. The van der Waals surface area contributed by atoms with Crippen molar-refractivity contribution in [3.05, 3.63) is 182 Å². The molecule has 0 saturated carbocycles. The maximum Gasteiger partial charge on any atom is 0.136 e. The van der Waals surface area contributed by atoms with E-state index in [1.165, 1.54) is 71.3 Å². The fourth-order valence-electron chi connectivity index (χ4n) is 7.88. The molecule has 1 heterocycles. The van der Waals surface area contributed by atoms with Gasteiger partial charge in [-0.25, -0.2) is 0 Å². The lowest BCUT2D eigenvalue weighted by atomic mass is 9.83. The minimum absolute atomic E-state index is 0.911. The third kappa shape index (κ3) is 4.40. The first-order valence-electron chi connectivity index (χ1n) is 16.8. The second kappa shape index (κ2) is 11.1. The van der Waals surface area contributed by atoms with Crippen molar-refractivity contribution in [1.82, 2.24) is 0 Å². The highest BCUT2D eigenvalue weighted by Crippen LogP contribution is 2.47. The summed E-state index contributed by atoms with van der Waals surface area (Å²) in [4.78, 5) is 0. The minimum atomic E-state index is 0.911. The highest BCUT2D eigenvalue weighted by atomic mass is 16.3. The fourth-order valence-corrected chi connectivity index (χ4v) is 7.88. The highest BCUT2D eigenvalue weighted by molar-refractivity contribution is 6.24. The van der Waals surface area contributed by atoms with Gasteiger partial charge in [0.2, 0.25) is 0 Å². The van der Waals surface area contributed by atoms with Crippen LogP contribution in [0.15, 0.2) is 186 Å². The Bertz CT molecular complexity index is 2820. The van der Waals surface area contributed by atoms with Crippen molar-refractivity contribution in [2.75, 3.05) is 0 Å². The first-order chi connectivity index (χ1) is 24.3. The zero-order valence-corrected chi connectivity index (χ0v) is 26.7. The number of fused-ring (bicyclic) bond motifs is 6. The van der Waals surface area contributed by atoms with E-state index in [4.69, 9.17) is 4.42 Å². The molecule has 0 aliphatic rings. The molecule has 0 saturated heterocycles. The van der Waals surface area contributed by atoms with Gasteiger partial charge in [-0.1, -0.05) is 158 Å². The monoisotopic (exact) mass is 622 g/mol. The zero-order valence-electron chi connectivity index (χ0n) is 26.7. The van der Waals surface area contributed by atoms with Crippen molar-refractivity contribution in [2.24, 2.45) is 0 Å². The summed E-state index contributed by atoms with van der Waals surface area (Å²) in [6.45, 7) is 0. The van der Waals surface area contributed by atoms with Crippen LogP contribution in [0, 0.1) is 0 Å². The number of rotatable bonds is 4. The van der Waals surface area contributed by atoms with Crippen LogP contribution < -0.4 is 0 Å². The lowest BCUT2D eigenvalue weighted by molar-refractivity contribution is 0.669. The first-order valence-corrected chi connectivity index (χ1v) is 16.8. The molecule has 228 valence electrons. The van der Waals surface area contributed by atoms with Crippen molar-refractivity contribution in [3.8, 4) is 44.5 Å². The maximum atomic E-state index is 6.36. The number of para-hydroxylation sites is 1. The standard InChI is InChI=1S/C48H30O/c1-2-13-31(14-3-1)32-15-12-16-33(29-32)35-27-28-44(37-18-5-4-17-36(35)37)48-42-22-8-6-20-40(42)47(41-21-7-9-23-43(41)48)34-25-26-39-38-19-10-11-24-45(38)49-46(39)30-34/h1-30H. The van der Waals surface area contributed by atoms with Crippen LogP contribution in [0.4, 0.5) is 0 Å². The fraction of sp³-hybridized carbons (Fsp3) is 0. The van der Waals surface area contributed by atoms with E-state index in [1.54, 1.807) is 0 Å². The molecular formula is C48H30O. The molecule has 0 atom stereocenters. The summed E-state index contributed by atoms with van der Waals surface area (Å²) in [5.41, 5.74) is 11.6. The van der Waals surface area contributed by atoms with Crippen LogP contribution >= 0.6 is 0 Å². The molecule has 0 aliphatic carbocycles. The minimum Gasteiger partial charge on any atom is -0.456 e. The second-order valence-electron chi connectivity index (χ2n) is 12.8. The van der Waals surface area contributed by atoms with Gasteiger partial charge in [0.25, 0.3) is 0 Å². The average Bonchev–Trinajstić information content (AvgIpc) is 3.55. The van der Waals surface area contributed by atoms with Crippen molar-refractivity contribution < 1.29 is 4.42 Å². The van der Waals surface area contributed by atoms with Crippen LogP contribution in [0.3, 0.4) is 0 Å². The summed E-state index contributed by atoms with van der Waals surface area (Å²) in [5, 5.41) is 9.73. The molecular weight excluding hydrogens is 593 g/mol. The SMILES string of the molecule is c1ccc(-c2cccc(-c3ccc(-c4c5ccccc5c(-c5ccc6c(c5)oc5ccccc56)c5ccccc45)c4ccccc34)c2)cc1. The lowest BCUT2D eigenvalue weighted by Gasteiger charge is -2.19. The molecule has 1 nitrogen and oxygen atoms in total. The van der Waals surface area contributed by atoms with Crippen molar-refractivity contribution >= 4 is 54.3 Å². The van der Waals surface area contributed by atoms with Crippen LogP contribution in [0.1, 0.15) is 0 Å². The first kappa shape index (κ1) is 27.7. The Labute approximate surface area is 284 Å². The molecule has 1 heteroatoms. The van der Waals surface area contributed by atoms with E-state index in [0.717, 1.165) is 27.5 Å². The molecule has 10 rings (SSSR count). The van der Waals surface area contributed by atoms with Crippen molar-refractivity contribution in [2.45, 2.75) is 0 Å². The van der Waals surface area contributed by atoms with Crippen LogP contribution in [-0.2, 0) is 0 Å². The van der Waals surface area contributed by atoms with E-state index in [0.29, 0.717) is 0 Å². The smallest absolute Gasteiger partial charge is 0.136 e. The Kier molecular flexibility index (Phi) is 6.25. The zero-order chi connectivity index (χ0) is 32.3. The molecule has 0 unspecified atom stereocenters. The van der Waals surface area contributed by atoms with E-state index in [9.17, 15) is 0 Å². The molecule has 0 bridgehead atoms. The third-order valence-corrected chi connectivity index (χ3v) is 10.1. The molecule has 49 heavy (non-hydrogen) atoms. The molecule has 0 spiro atoms. The second-order valence-corrected chi connectivity index (χ2v) is 12.8. The van der Waals surface area contributed by atoms with Gasteiger partial charge in [-0.2, -0.15) is 0 Å². The summed E-state index contributed by atoms with van der Waals surface area (Å²) < 4.78 is 6.36. The van der Waals surface area contributed by atoms with Gasteiger partial charge < -0.3 is 4.42 Å². The highest BCUT2D eigenvalue weighted by Gasteiger charge is 2.20. The summed E-state index contributed by atoms with van der Waals surface area (Å²) in [6.07, 6.45) is 0. The van der Waals surface area contributed by atoms with Gasteiger partial charge in [0, 0.05) is 10.8 Å². The molecule has 10 aromatic rings. The number of furan rings is 1. The predicted molar refractivity (Wildman–Crippen MR) is 208 cm³/mol. The predicted octanol–water partition coefficient (Wildman–Crippen LogP) is 13.7. The molecule has 0 N–H and O–H groups in total. The Balaban J connectivity index is 1.22. The Morgan fingerprint density at radius 1 is 0.245 bits per heavy atom. The number of hydrogen-bond acceptors (Lipinski definition) is 1. The Morgan fingerprint density at radius 2 is 0.755 bits per heavy atom. The van der Waals surface area contributed by atoms with E-state index in [2.05, 4.69) is 170 Å². The van der Waals surface area contributed by atoms with Gasteiger partial charge in [-0.05, 0) is 101 Å². The summed E-state index contributed by atoms with van der Waals surface area (Å²) >= 11 is 0. The van der Waals surface area contributed by atoms with Crippen LogP contribution in [0.2, 0.25) is 0 Å². The van der Waals surface area contributed by atoms with Gasteiger partial charge in [0.15, 0.2) is 0 Å². The number of benzene rings is 9. The average molecular weight is 623 g/mol. The molecule has 0 amide bonds. The van der Waals surface area contributed by atoms with Gasteiger partial charge in [0.1, 0.15) is 11.2 Å². The van der Waals surface area contributed by atoms with Crippen LogP contribution in [0.25, 0.3) is 98.8 Å². The topological polar surface area (TPSA) is 13.1 Å². The largest absolute Gasteiger partial charge is 0.456 e. The van der Waals surface area contributed by atoms with Crippen LogP contribution in [0.5, 0.6) is 0 Å². The maximum absolute atomic E-state index is 6.36. The van der Waals surface area contributed by atoms with E-state index < -0.39 is 0 Å². The quantitative estimate of drug-likeness (QED) is 0.178. The third-order valence-electron chi connectivity index (χ3n) is 10.1. The molecule has 0 radical (unpaired) electrons. The molecule has 9 aromatic carbocycles. The van der Waals surface area contributed by atoms with Gasteiger partial charge in [0.05, 0.1) is 0 Å². The number of hydrogen-bond donors (Lipinski definition) is 0. The van der Waals surface area contributed by atoms with E-state index >= 15 is 0 Å².